The first-order chi connectivity index (χ1) is 11.1. The van der Waals surface area contributed by atoms with Crippen LogP contribution in [0.1, 0.15) is 37.5 Å². The maximum Gasteiger partial charge on any atom is 0.265 e. The molecule has 2 rings (SSSR count). The van der Waals surface area contributed by atoms with E-state index in [0.717, 1.165) is 41.0 Å². The standard InChI is InChI=1S/C20H25NO2/c1-5-16-11-9-12-17(6-2)19(16)21-20(22)15(4)23-18-13-8-7-10-14(18)3/h7-13,15H,5-6H2,1-4H3,(H,21,22). The zero-order valence-corrected chi connectivity index (χ0v) is 14.3. The van der Waals surface area contributed by atoms with Crippen molar-refractivity contribution in [1.82, 2.24) is 0 Å². The minimum absolute atomic E-state index is 0.121. The number of carbonyl (C=O) groups excluding carboxylic acids is 1. The molecule has 0 aliphatic heterocycles. The molecule has 0 radical (unpaired) electrons. The van der Waals surface area contributed by atoms with Crippen LogP contribution in [0.25, 0.3) is 0 Å². The summed E-state index contributed by atoms with van der Waals surface area (Å²) >= 11 is 0. The monoisotopic (exact) mass is 311 g/mol. The van der Waals surface area contributed by atoms with Crippen LogP contribution in [-0.2, 0) is 17.6 Å². The quantitative estimate of drug-likeness (QED) is 0.851. The zero-order valence-electron chi connectivity index (χ0n) is 14.3. The highest BCUT2D eigenvalue weighted by atomic mass is 16.5. The molecular weight excluding hydrogens is 286 g/mol. The number of benzene rings is 2. The van der Waals surface area contributed by atoms with Crippen molar-refractivity contribution in [2.45, 2.75) is 46.6 Å². The SMILES string of the molecule is CCc1cccc(CC)c1NC(=O)C(C)Oc1ccccc1C. The van der Waals surface area contributed by atoms with Gasteiger partial charge >= 0.3 is 0 Å². The third kappa shape index (κ3) is 4.13. The number of ether oxygens (including phenoxy) is 1. The first-order valence-corrected chi connectivity index (χ1v) is 8.20. The third-order valence-corrected chi connectivity index (χ3v) is 4.01. The van der Waals surface area contributed by atoms with Crippen molar-refractivity contribution in [3.05, 3.63) is 59.2 Å². The summed E-state index contributed by atoms with van der Waals surface area (Å²) in [5.74, 6) is 0.624. The first kappa shape index (κ1) is 17.1. The number of rotatable bonds is 6. The number of carbonyl (C=O) groups is 1. The minimum atomic E-state index is -0.550. The molecule has 1 atom stereocenters. The van der Waals surface area contributed by atoms with Crippen molar-refractivity contribution in [3.63, 3.8) is 0 Å². The molecule has 1 unspecified atom stereocenters. The van der Waals surface area contributed by atoms with E-state index in [1.54, 1.807) is 6.92 Å². The van der Waals surface area contributed by atoms with Gasteiger partial charge in [-0.1, -0.05) is 50.2 Å². The number of anilines is 1. The van der Waals surface area contributed by atoms with Crippen LogP contribution in [0.2, 0.25) is 0 Å². The van der Waals surface area contributed by atoms with Gasteiger partial charge in [-0.3, -0.25) is 4.79 Å². The van der Waals surface area contributed by atoms with E-state index in [1.807, 2.05) is 37.3 Å². The molecule has 0 spiro atoms. The Morgan fingerprint density at radius 1 is 1.04 bits per heavy atom. The van der Waals surface area contributed by atoms with Gasteiger partial charge in [-0.15, -0.1) is 0 Å². The number of hydrogen-bond acceptors (Lipinski definition) is 2. The van der Waals surface area contributed by atoms with Gasteiger partial charge in [0.15, 0.2) is 6.10 Å². The van der Waals surface area contributed by atoms with Crippen molar-refractivity contribution in [3.8, 4) is 5.75 Å². The molecule has 0 heterocycles. The highest BCUT2D eigenvalue weighted by Crippen LogP contribution is 2.23. The lowest BCUT2D eigenvalue weighted by atomic mass is 10.0. The van der Waals surface area contributed by atoms with Crippen molar-refractivity contribution < 1.29 is 9.53 Å². The van der Waals surface area contributed by atoms with E-state index < -0.39 is 6.10 Å². The van der Waals surface area contributed by atoms with Crippen molar-refractivity contribution in [1.29, 1.82) is 0 Å². The number of nitrogens with one attached hydrogen (secondary N) is 1. The topological polar surface area (TPSA) is 38.3 Å². The van der Waals surface area contributed by atoms with Crippen LogP contribution in [0.4, 0.5) is 5.69 Å². The van der Waals surface area contributed by atoms with Crippen LogP contribution in [0.3, 0.4) is 0 Å². The first-order valence-electron chi connectivity index (χ1n) is 8.20. The van der Waals surface area contributed by atoms with Gasteiger partial charge in [-0.2, -0.15) is 0 Å². The maximum absolute atomic E-state index is 12.5. The minimum Gasteiger partial charge on any atom is -0.481 e. The zero-order chi connectivity index (χ0) is 16.8. The Balaban J connectivity index is 2.14. The van der Waals surface area contributed by atoms with E-state index in [9.17, 15) is 4.79 Å². The smallest absolute Gasteiger partial charge is 0.265 e. The van der Waals surface area contributed by atoms with E-state index in [2.05, 4.69) is 31.3 Å². The Morgan fingerprint density at radius 3 is 2.22 bits per heavy atom. The average molecular weight is 311 g/mol. The van der Waals surface area contributed by atoms with Crippen molar-refractivity contribution >= 4 is 11.6 Å². The fraction of sp³-hybridized carbons (Fsp3) is 0.350. The van der Waals surface area contributed by atoms with E-state index in [-0.39, 0.29) is 5.91 Å². The average Bonchev–Trinajstić information content (AvgIpc) is 2.56. The van der Waals surface area contributed by atoms with Gasteiger partial charge < -0.3 is 10.1 Å². The molecular formula is C20H25NO2. The molecule has 0 aromatic heterocycles. The molecule has 0 saturated carbocycles. The van der Waals surface area contributed by atoms with E-state index in [0.29, 0.717) is 0 Å². The van der Waals surface area contributed by atoms with E-state index >= 15 is 0 Å². The largest absolute Gasteiger partial charge is 0.481 e. The van der Waals surface area contributed by atoms with Crippen molar-refractivity contribution in [2.75, 3.05) is 5.32 Å². The normalized spacial score (nSPS) is 11.8. The molecule has 0 fully saturated rings. The molecule has 0 aliphatic rings. The number of aryl methyl sites for hydroxylation is 3. The molecule has 0 bridgehead atoms. The molecule has 3 nitrogen and oxygen atoms in total. The lowest BCUT2D eigenvalue weighted by Crippen LogP contribution is -2.31. The van der Waals surface area contributed by atoms with Gasteiger partial charge in [-0.05, 0) is 49.4 Å². The molecule has 122 valence electrons. The molecule has 1 amide bonds. The summed E-state index contributed by atoms with van der Waals surface area (Å²) in [4.78, 5) is 12.5. The van der Waals surface area contributed by atoms with Crippen LogP contribution in [0.15, 0.2) is 42.5 Å². The predicted octanol–water partition coefficient (Wildman–Crippen LogP) is 4.53. The summed E-state index contributed by atoms with van der Waals surface area (Å²) in [6.45, 7) is 7.94. The molecule has 23 heavy (non-hydrogen) atoms. The van der Waals surface area contributed by atoms with Gasteiger partial charge in [0.1, 0.15) is 5.75 Å². The Morgan fingerprint density at radius 2 is 1.65 bits per heavy atom. The Hall–Kier alpha value is -2.29. The predicted molar refractivity (Wildman–Crippen MR) is 95.1 cm³/mol. The second-order valence-electron chi connectivity index (χ2n) is 5.67. The van der Waals surface area contributed by atoms with Gasteiger partial charge in [0.25, 0.3) is 5.91 Å². The summed E-state index contributed by atoms with van der Waals surface area (Å²) < 4.78 is 5.81. The Bertz CT molecular complexity index is 657. The van der Waals surface area contributed by atoms with Gasteiger partial charge in [0, 0.05) is 5.69 Å². The molecule has 2 aromatic carbocycles. The summed E-state index contributed by atoms with van der Waals surface area (Å²) in [5.41, 5.74) is 4.26. The van der Waals surface area contributed by atoms with E-state index in [1.165, 1.54) is 0 Å². The summed E-state index contributed by atoms with van der Waals surface area (Å²) in [6.07, 6.45) is 1.22. The summed E-state index contributed by atoms with van der Waals surface area (Å²) in [5, 5.41) is 3.06. The van der Waals surface area contributed by atoms with Crippen LogP contribution < -0.4 is 10.1 Å². The van der Waals surface area contributed by atoms with Gasteiger partial charge in [-0.25, -0.2) is 0 Å². The maximum atomic E-state index is 12.5. The molecule has 0 saturated heterocycles. The molecule has 3 heteroatoms. The number of amides is 1. The molecule has 0 aliphatic carbocycles. The second kappa shape index (κ2) is 7.82. The summed E-state index contributed by atoms with van der Waals surface area (Å²) in [6, 6.07) is 13.9. The summed E-state index contributed by atoms with van der Waals surface area (Å²) in [7, 11) is 0. The van der Waals surface area contributed by atoms with Crippen LogP contribution in [0.5, 0.6) is 5.75 Å². The van der Waals surface area contributed by atoms with Crippen LogP contribution in [-0.4, -0.2) is 12.0 Å². The molecule has 2 aromatic rings. The van der Waals surface area contributed by atoms with Crippen LogP contribution >= 0.6 is 0 Å². The van der Waals surface area contributed by atoms with Crippen molar-refractivity contribution in [2.24, 2.45) is 0 Å². The fourth-order valence-corrected chi connectivity index (χ4v) is 2.56. The second-order valence-corrected chi connectivity index (χ2v) is 5.67. The fourth-order valence-electron chi connectivity index (χ4n) is 2.56. The highest BCUT2D eigenvalue weighted by molar-refractivity contribution is 5.95. The van der Waals surface area contributed by atoms with Gasteiger partial charge in [0.2, 0.25) is 0 Å². The van der Waals surface area contributed by atoms with E-state index in [4.69, 9.17) is 4.74 Å². The third-order valence-electron chi connectivity index (χ3n) is 4.01. The Kier molecular flexibility index (Phi) is 5.80. The lowest BCUT2D eigenvalue weighted by Gasteiger charge is -2.19. The van der Waals surface area contributed by atoms with Crippen LogP contribution in [0, 0.1) is 6.92 Å². The van der Waals surface area contributed by atoms with Gasteiger partial charge in [0.05, 0.1) is 0 Å². The highest BCUT2D eigenvalue weighted by Gasteiger charge is 2.18. The Labute approximate surface area is 138 Å². The lowest BCUT2D eigenvalue weighted by molar-refractivity contribution is -0.122. The number of para-hydroxylation sites is 2. The molecule has 1 N–H and O–H groups in total. The number of hydrogen-bond donors (Lipinski definition) is 1.